The molecule has 0 fully saturated rings. The van der Waals surface area contributed by atoms with Crippen molar-refractivity contribution in [3.63, 3.8) is 0 Å². The lowest BCUT2D eigenvalue weighted by atomic mass is 10.1. The van der Waals surface area contributed by atoms with Gasteiger partial charge in [-0.1, -0.05) is 66.6 Å². The van der Waals surface area contributed by atoms with Crippen LogP contribution in [-0.4, -0.2) is 16.1 Å². The zero-order valence-electron chi connectivity index (χ0n) is 13.5. The molecule has 24 heavy (non-hydrogen) atoms. The van der Waals surface area contributed by atoms with E-state index in [0.29, 0.717) is 12.3 Å². The van der Waals surface area contributed by atoms with E-state index in [0.717, 1.165) is 17.5 Å². The number of nitrogens with zero attached hydrogens (tertiary/aromatic N) is 2. The van der Waals surface area contributed by atoms with Crippen molar-refractivity contribution in [1.29, 1.82) is 0 Å². The highest BCUT2D eigenvalue weighted by Crippen LogP contribution is 2.13. The second-order valence-electron chi connectivity index (χ2n) is 5.56. The van der Waals surface area contributed by atoms with Crippen molar-refractivity contribution in [2.75, 3.05) is 5.32 Å². The Labute approximate surface area is 140 Å². The van der Waals surface area contributed by atoms with E-state index in [1.54, 1.807) is 0 Å². The van der Waals surface area contributed by atoms with Gasteiger partial charge >= 0.3 is 6.01 Å². The zero-order valence-corrected chi connectivity index (χ0v) is 13.5. The average Bonchev–Trinajstić information content (AvgIpc) is 3.03. The van der Waals surface area contributed by atoms with E-state index in [2.05, 4.69) is 46.7 Å². The molecule has 122 valence electrons. The number of amides is 1. The van der Waals surface area contributed by atoms with Crippen LogP contribution in [-0.2, 0) is 24.1 Å². The molecule has 0 spiro atoms. The summed E-state index contributed by atoms with van der Waals surface area (Å²) in [6, 6.07) is 17.9. The van der Waals surface area contributed by atoms with Gasteiger partial charge in [0.05, 0.1) is 12.8 Å². The fourth-order valence-electron chi connectivity index (χ4n) is 2.39. The molecule has 5 heteroatoms. The molecule has 0 atom stereocenters. The highest BCUT2D eigenvalue weighted by atomic mass is 16.4. The van der Waals surface area contributed by atoms with Crippen molar-refractivity contribution in [3.8, 4) is 0 Å². The summed E-state index contributed by atoms with van der Waals surface area (Å²) in [7, 11) is 0. The normalized spacial score (nSPS) is 10.5. The van der Waals surface area contributed by atoms with Crippen molar-refractivity contribution >= 4 is 11.9 Å². The molecule has 0 aliphatic rings. The number of aromatic nitrogens is 2. The topological polar surface area (TPSA) is 68.0 Å². The Balaban J connectivity index is 1.57. The molecule has 0 saturated heterocycles. The molecule has 1 N–H and O–H groups in total. The van der Waals surface area contributed by atoms with Crippen LogP contribution >= 0.6 is 0 Å². The molecule has 0 aliphatic carbocycles. The lowest BCUT2D eigenvalue weighted by Crippen LogP contribution is -2.14. The van der Waals surface area contributed by atoms with Gasteiger partial charge in [-0.15, -0.1) is 5.10 Å². The fraction of sp³-hybridized carbons (Fsp3) is 0.211. The lowest BCUT2D eigenvalue weighted by Gasteiger charge is -2.01. The van der Waals surface area contributed by atoms with Gasteiger partial charge in [0, 0.05) is 0 Å². The summed E-state index contributed by atoms with van der Waals surface area (Å²) in [6.07, 6.45) is 1.83. The first-order valence-electron chi connectivity index (χ1n) is 7.97. The van der Waals surface area contributed by atoms with Crippen LogP contribution in [0.25, 0.3) is 0 Å². The Morgan fingerprint density at radius 1 is 0.958 bits per heavy atom. The molecular weight excluding hydrogens is 302 g/mol. The third-order valence-electron chi connectivity index (χ3n) is 3.71. The van der Waals surface area contributed by atoms with Gasteiger partial charge in [-0.25, -0.2) is 0 Å². The SMILES string of the molecule is CCc1ccc(Cc2nnc(NC(=O)Cc3ccccc3)o2)cc1. The van der Waals surface area contributed by atoms with Gasteiger partial charge in [0.25, 0.3) is 0 Å². The summed E-state index contributed by atoms with van der Waals surface area (Å²) in [5.41, 5.74) is 3.32. The minimum absolute atomic E-state index is 0.135. The van der Waals surface area contributed by atoms with Gasteiger partial charge < -0.3 is 4.42 Å². The first-order chi connectivity index (χ1) is 11.7. The van der Waals surface area contributed by atoms with Crippen molar-refractivity contribution in [2.45, 2.75) is 26.2 Å². The van der Waals surface area contributed by atoms with E-state index in [1.165, 1.54) is 5.56 Å². The molecule has 0 bridgehead atoms. The summed E-state index contributed by atoms with van der Waals surface area (Å²) >= 11 is 0. The smallest absolute Gasteiger partial charge is 0.322 e. The first kappa shape index (κ1) is 15.9. The maximum absolute atomic E-state index is 12.0. The van der Waals surface area contributed by atoms with Crippen molar-refractivity contribution in [2.24, 2.45) is 0 Å². The van der Waals surface area contributed by atoms with Crippen molar-refractivity contribution < 1.29 is 9.21 Å². The second-order valence-corrected chi connectivity index (χ2v) is 5.56. The highest BCUT2D eigenvalue weighted by Gasteiger charge is 2.11. The van der Waals surface area contributed by atoms with Gasteiger partial charge in [0.1, 0.15) is 0 Å². The third kappa shape index (κ3) is 4.29. The largest absolute Gasteiger partial charge is 0.407 e. The van der Waals surface area contributed by atoms with Gasteiger partial charge in [0.15, 0.2) is 0 Å². The van der Waals surface area contributed by atoms with Crippen LogP contribution in [0, 0.1) is 0 Å². The van der Waals surface area contributed by atoms with Crippen LogP contribution in [0.2, 0.25) is 0 Å². The molecule has 1 heterocycles. The Morgan fingerprint density at radius 2 is 1.67 bits per heavy atom. The van der Waals surface area contributed by atoms with E-state index in [-0.39, 0.29) is 18.3 Å². The van der Waals surface area contributed by atoms with Crippen LogP contribution in [0.1, 0.15) is 29.5 Å². The van der Waals surface area contributed by atoms with E-state index in [4.69, 9.17) is 4.42 Å². The summed E-state index contributed by atoms with van der Waals surface area (Å²) in [5.74, 6) is 0.304. The molecule has 5 nitrogen and oxygen atoms in total. The van der Waals surface area contributed by atoms with E-state index >= 15 is 0 Å². The number of hydrogen-bond acceptors (Lipinski definition) is 4. The predicted molar refractivity (Wildman–Crippen MR) is 91.7 cm³/mol. The molecule has 0 saturated carbocycles. The second kappa shape index (κ2) is 7.55. The molecule has 2 aromatic carbocycles. The van der Waals surface area contributed by atoms with Crippen molar-refractivity contribution in [1.82, 2.24) is 10.2 Å². The zero-order chi connectivity index (χ0) is 16.8. The van der Waals surface area contributed by atoms with Crippen molar-refractivity contribution in [3.05, 3.63) is 77.2 Å². The highest BCUT2D eigenvalue weighted by molar-refractivity contribution is 5.90. The van der Waals surface area contributed by atoms with Crippen LogP contribution < -0.4 is 5.32 Å². The van der Waals surface area contributed by atoms with Gasteiger partial charge in [-0.05, 0) is 23.1 Å². The van der Waals surface area contributed by atoms with E-state index < -0.39 is 0 Å². The van der Waals surface area contributed by atoms with Gasteiger partial charge in [-0.3, -0.25) is 10.1 Å². The van der Waals surface area contributed by atoms with Crippen LogP contribution in [0.4, 0.5) is 6.01 Å². The minimum atomic E-state index is -0.177. The molecular formula is C19H19N3O2. The van der Waals surface area contributed by atoms with Crippen LogP contribution in [0.5, 0.6) is 0 Å². The summed E-state index contributed by atoms with van der Waals surface area (Å²) in [6.45, 7) is 2.12. The number of hydrogen-bond donors (Lipinski definition) is 1. The molecule has 3 aromatic rings. The minimum Gasteiger partial charge on any atom is -0.407 e. The number of aryl methyl sites for hydroxylation is 1. The number of nitrogens with one attached hydrogen (secondary N) is 1. The maximum Gasteiger partial charge on any atom is 0.322 e. The molecule has 0 radical (unpaired) electrons. The monoisotopic (exact) mass is 321 g/mol. The molecule has 0 aliphatic heterocycles. The number of carbonyl (C=O) groups excluding carboxylic acids is 1. The molecule has 1 aromatic heterocycles. The quantitative estimate of drug-likeness (QED) is 0.755. The van der Waals surface area contributed by atoms with Gasteiger partial charge in [-0.2, -0.15) is 0 Å². The Hall–Kier alpha value is -2.95. The standard InChI is InChI=1S/C19H19N3O2/c1-2-14-8-10-16(11-9-14)13-18-21-22-19(24-18)20-17(23)12-15-6-4-3-5-7-15/h3-11H,2,12-13H2,1H3,(H,20,22,23). The summed E-state index contributed by atoms with van der Waals surface area (Å²) in [4.78, 5) is 12.0. The lowest BCUT2D eigenvalue weighted by molar-refractivity contribution is -0.115. The van der Waals surface area contributed by atoms with Crippen LogP contribution in [0.15, 0.2) is 59.0 Å². The number of benzene rings is 2. The summed E-state index contributed by atoms with van der Waals surface area (Å²) in [5, 5.41) is 10.5. The molecule has 3 rings (SSSR count). The summed E-state index contributed by atoms with van der Waals surface area (Å²) < 4.78 is 5.50. The Morgan fingerprint density at radius 3 is 2.38 bits per heavy atom. The fourth-order valence-corrected chi connectivity index (χ4v) is 2.39. The Kier molecular flexibility index (Phi) is 5.01. The number of anilines is 1. The maximum atomic E-state index is 12.0. The van der Waals surface area contributed by atoms with Gasteiger partial charge in [0.2, 0.25) is 11.8 Å². The van der Waals surface area contributed by atoms with E-state index in [1.807, 2.05) is 30.3 Å². The number of carbonyl (C=O) groups is 1. The first-order valence-corrected chi connectivity index (χ1v) is 7.97. The average molecular weight is 321 g/mol. The predicted octanol–water partition coefficient (Wildman–Crippen LogP) is 3.40. The molecule has 1 amide bonds. The Bertz CT molecular complexity index is 795. The van der Waals surface area contributed by atoms with Crippen LogP contribution in [0.3, 0.4) is 0 Å². The van der Waals surface area contributed by atoms with E-state index in [9.17, 15) is 4.79 Å². The molecule has 0 unspecified atom stereocenters. The number of rotatable bonds is 6. The third-order valence-corrected chi connectivity index (χ3v) is 3.71.